The second-order valence-electron chi connectivity index (χ2n) is 5.95. The van der Waals surface area contributed by atoms with Gasteiger partial charge in [0.05, 0.1) is 28.6 Å². The van der Waals surface area contributed by atoms with Gasteiger partial charge in [-0.25, -0.2) is 9.10 Å². The van der Waals surface area contributed by atoms with Crippen molar-refractivity contribution in [3.63, 3.8) is 0 Å². The molecule has 0 radical (unpaired) electrons. The Kier molecular flexibility index (Phi) is 6.78. The van der Waals surface area contributed by atoms with Gasteiger partial charge in [0.25, 0.3) is 0 Å². The van der Waals surface area contributed by atoms with Crippen LogP contribution in [0.2, 0.25) is 0 Å². The van der Waals surface area contributed by atoms with Crippen molar-refractivity contribution in [1.82, 2.24) is 4.31 Å². The van der Waals surface area contributed by atoms with Gasteiger partial charge in [-0.3, -0.25) is 0 Å². The Bertz CT molecular complexity index is 661. The van der Waals surface area contributed by atoms with Gasteiger partial charge in [-0.2, -0.15) is 0 Å². The summed E-state index contributed by atoms with van der Waals surface area (Å²) in [5, 5.41) is 8.75. The van der Waals surface area contributed by atoms with E-state index >= 15 is 0 Å². The van der Waals surface area contributed by atoms with Crippen molar-refractivity contribution in [2.45, 2.75) is 11.3 Å². The minimum atomic E-state index is -1.04. The maximum absolute atomic E-state index is 10.7. The van der Waals surface area contributed by atoms with Crippen LogP contribution in [0, 0.1) is 0 Å². The topological polar surface area (TPSA) is 56.3 Å². The number of fused-ring (bicyclic) bond motifs is 1. The molecule has 0 saturated heterocycles. The van der Waals surface area contributed by atoms with Gasteiger partial charge < -0.3 is 19.6 Å². The van der Waals surface area contributed by atoms with Crippen LogP contribution in [0.1, 0.15) is 6.42 Å². The summed E-state index contributed by atoms with van der Waals surface area (Å²) in [7, 11) is 5.95. The molecule has 0 aliphatic carbocycles. The fraction of sp³-hybridized carbons (Fsp3) is 0.389. The summed E-state index contributed by atoms with van der Waals surface area (Å²) in [5.74, 6) is -0.404. The Morgan fingerprint density at radius 3 is 2.84 bits per heavy atom. The van der Waals surface area contributed by atoms with Crippen molar-refractivity contribution in [3.05, 3.63) is 37.1 Å². The highest BCUT2D eigenvalue weighted by molar-refractivity contribution is 7.97. The fourth-order valence-electron chi connectivity index (χ4n) is 2.54. The van der Waals surface area contributed by atoms with Crippen LogP contribution in [0.3, 0.4) is 0 Å². The molecule has 0 atom stereocenters. The molecule has 6 nitrogen and oxygen atoms in total. The average molecular weight is 363 g/mol. The number of benzene rings is 1. The predicted molar refractivity (Wildman–Crippen MR) is 104 cm³/mol. The Hall–Kier alpha value is -2.12. The number of carbonyl (C=O) groups is 1. The minimum Gasteiger partial charge on any atom is -0.478 e. The van der Waals surface area contributed by atoms with E-state index in [1.807, 2.05) is 31.1 Å². The van der Waals surface area contributed by atoms with Gasteiger partial charge in [-0.15, -0.1) is 6.58 Å². The highest BCUT2D eigenvalue weighted by atomic mass is 32.2. The van der Waals surface area contributed by atoms with Crippen LogP contribution in [0.25, 0.3) is 0 Å². The molecule has 1 aromatic carbocycles. The molecular formula is C18H25N3O3S. The molecule has 1 aliphatic heterocycles. The zero-order valence-electron chi connectivity index (χ0n) is 14.9. The Labute approximate surface area is 153 Å². The molecule has 0 fully saturated rings. The lowest BCUT2D eigenvalue weighted by Gasteiger charge is -2.26. The second-order valence-corrected chi connectivity index (χ2v) is 7.19. The number of carboxylic acid groups (broad SMARTS) is 1. The SMILES string of the molecule is C=CCCN1CCN(C)Sc2cc(O/C=C/C(=O)O)c(N(C)C)cc21. The van der Waals surface area contributed by atoms with Gasteiger partial charge in [0, 0.05) is 33.7 Å². The van der Waals surface area contributed by atoms with E-state index in [1.54, 1.807) is 11.9 Å². The quantitative estimate of drug-likeness (QED) is 0.346. The van der Waals surface area contributed by atoms with Gasteiger partial charge in [0.1, 0.15) is 0 Å². The van der Waals surface area contributed by atoms with Gasteiger partial charge >= 0.3 is 5.97 Å². The number of anilines is 2. The first-order valence-electron chi connectivity index (χ1n) is 8.08. The van der Waals surface area contributed by atoms with Crippen LogP contribution in [0.15, 0.2) is 42.0 Å². The summed E-state index contributed by atoms with van der Waals surface area (Å²) in [4.78, 5) is 16.1. The third-order valence-electron chi connectivity index (χ3n) is 3.81. The summed E-state index contributed by atoms with van der Waals surface area (Å²) in [5.41, 5.74) is 2.07. The van der Waals surface area contributed by atoms with E-state index in [2.05, 4.69) is 28.9 Å². The van der Waals surface area contributed by atoms with Crippen LogP contribution in [0.4, 0.5) is 11.4 Å². The van der Waals surface area contributed by atoms with E-state index in [-0.39, 0.29) is 0 Å². The van der Waals surface area contributed by atoms with Crippen molar-refractivity contribution in [3.8, 4) is 5.75 Å². The molecule has 0 aromatic heterocycles. The Balaban J connectivity index is 2.43. The molecule has 1 aromatic rings. The van der Waals surface area contributed by atoms with Crippen LogP contribution in [-0.2, 0) is 4.79 Å². The van der Waals surface area contributed by atoms with Crippen molar-refractivity contribution in [2.24, 2.45) is 0 Å². The van der Waals surface area contributed by atoms with Crippen molar-refractivity contribution < 1.29 is 14.6 Å². The van der Waals surface area contributed by atoms with E-state index in [9.17, 15) is 4.79 Å². The molecule has 0 spiro atoms. The zero-order chi connectivity index (χ0) is 18.4. The molecule has 2 rings (SSSR count). The first-order valence-corrected chi connectivity index (χ1v) is 8.86. The van der Waals surface area contributed by atoms with Crippen molar-refractivity contribution in [2.75, 3.05) is 50.6 Å². The number of rotatable bonds is 7. The standard InChI is InChI=1S/C18H25N3O3S/c1-5-6-8-21-10-9-20(4)25-17-13-16(24-11-7-18(22)23)14(19(2)3)12-15(17)21/h5,7,11-13H,1,6,8-10H2,2-4H3,(H,22,23)/b11-7+. The summed E-state index contributed by atoms with van der Waals surface area (Å²) in [6.07, 6.45) is 5.05. The van der Waals surface area contributed by atoms with Crippen LogP contribution in [-0.4, -0.2) is 56.2 Å². The van der Waals surface area contributed by atoms with Crippen LogP contribution in [0.5, 0.6) is 5.75 Å². The lowest BCUT2D eigenvalue weighted by Crippen LogP contribution is -2.29. The number of likely N-dealkylation sites (N-methyl/N-ethyl adjacent to an activating group) is 1. The normalized spacial score (nSPS) is 14.9. The largest absolute Gasteiger partial charge is 0.478 e. The lowest BCUT2D eigenvalue weighted by molar-refractivity contribution is -0.131. The number of hydrogen-bond donors (Lipinski definition) is 1. The van der Waals surface area contributed by atoms with Crippen molar-refractivity contribution in [1.29, 1.82) is 0 Å². The van der Waals surface area contributed by atoms with E-state index in [0.717, 1.165) is 48.4 Å². The molecule has 1 heterocycles. The number of carboxylic acids is 1. The molecule has 0 unspecified atom stereocenters. The third-order valence-corrected chi connectivity index (χ3v) is 4.83. The zero-order valence-corrected chi connectivity index (χ0v) is 15.8. The lowest BCUT2D eigenvalue weighted by atomic mass is 10.2. The third kappa shape index (κ3) is 5.17. The van der Waals surface area contributed by atoms with E-state index in [1.165, 1.54) is 6.26 Å². The summed E-state index contributed by atoms with van der Waals surface area (Å²) >= 11 is 1.67. The van der Waals surface area contributed by atoms with E-state index in [4.69, 9.17) is 9.84 Å². The van der Waals surface area contributed by atoms with Gasteiger partial charge in [-0.1, -0.05) is 6.08 Å². The molecule has 1 N–H and O–H groups in total. The smallest absolute Gasteiger partial charge is 0.331 e. The summed E-state index contributed by atoms with van der Waals surface area (Å²) in [6, 6.07) is 4.08. The molecule has 0 amide bonds. The van der Waals surface area contributed by atoms with E-state index in [0.29, 0.717) is 5.75 Å². The molecule has 25 heavy (non-hydrogen) atoms. The maximum Gasteiger partial charge on any atom is 0.331 e. The average Bonchev–Trinajstić information content (AvgIpc) is 2.69. The summed E-state index contributed by atoms with van der Waals surface area (Å²) < 4.78 is 7.79. The second kappa shape index (κ2) is 8.82. The van der Waals surface area contributed by atoms with Crippen LogP contribution < -0.4 is 14.5 Å². The number of ether oxygens (including phenoxy) is 1. The molecule has 0 bridgehead atoms. The monoisotopic (exact) mass is 363 g/mol. The first-order chi connectivity index (χ1) is 11.9. The number of nitrogens with zero attached hydrogens (tertiary/aromatic N) is 3. The molecule has 0 saturated carbocycles. The summed E-state index contributed by atoms with van der Waals surface area (Å²) in [6.45, 7) is 6.62. The highest BCUT2D eigenvalue weighted by Gasteiger charge is 2.22. The van der Waals surface area contributed by atoms with E-state index < -0.39 is 5.97 Å². The van der Waals surface area contributed by atoms with Crippen LogP contribution >= 0.6 is 11.9 Å². The number of hydrogen-bond acceptors (Lipinski definition) is 6. The highest BCUT2D eigenvalue weighted by Crippen LogP contribution is 2.42. The first kappa shape index (κ1) is 19.2. The maximum atomic E-state index is 10.7. The molecular weight excluding hydrogens is 338 g/mol. The fourth-order valence-corrected chi connectivity index (χ4v) is 3.49. The predicted octanol–water partition coefficient (Wildman–Crippen LogP) is 3.06. The Morgan fingerprint density at radius 2 is 2.20 bits per heavy atom. The van der Waals surface area contributed by atoms with Crippen molar-refractivity contribution >= 4 is 29.3 Å². The van der Waals surface area contributed by atoms with Gasteiger partial charge in [0.2, 0.25) is 0 Å². The molecule has 7 heteroatoms. The van der Waals surface area contributed by atoms with Gasteiger partial charge in [0.15, 0.2) is 5.75 Å². The minimum absolute atomic E-state index is 0.632. The van der Waals surface area contributed by atoms with Gasteiger partial charge in [-0.05, 0) is 37.5 Å². The molecule has 136 valence electrons. The Morgan fingerprint density at radius 1 is 1.44 bits per heavy atom. The number of aliphatic carboxylic acids is 1. The molecule has 1 aliphatic rings.